The second-order valence-electron chi connectivity index (χ2n) is 8.31. The molecule has 174 valence electrons. The third-order valence-electron chi connectivity index (χ3n) is 5.98. The summed E-state index contributed by atoms with van der Waals surface area (Å²) in [6.45, 7) is 5.41. The van der Waals surface area contributed by atoms with Crippen molar-refractivity contribution in [3.8, 4) is 17.2 Å². The number of benzene rings is 1. The third kappa shape index (κ3) is 6.21. The van der Waals surface area contributed by atoms with Crippen LogP contribution in [0.1, 0.15) is 34.5 Å². The third-order valence-corrected chi connectivity index (χ3v) is 5.98. The van der Waals surface area contributed by atoms with Crippen LogP contribution in [0.2, 0.25) is 0 Å². The Labute approximate surface area is 194 Å². The van der Waals surface area contributed by atoms with Gasteiger partial charge in [0.05, 0.1) is 17.5 Å². The summed E-state index contributed by atoms with van der Waals surface area (Å²) in [6, 6.07) is 15.7. The average molecular weight is 450 g/mol. The van der Waals surface area contributed by atoms with Crippen molar-refractivity contribution in [1.29, 1.82) is 0 Å². The van der Waals surface area contributed by atoms with Crippen molar-refractivity contribution in [1.82, 2.24) is 15.2 Å². The highest BCUT2D eigenvalue weighted by Gasteiger charge is 2.18. The van der Waals surface area contributed by atoms with Crippen molar-refractivity contribution in [3.05, 3.63) is 71.6 Å². The van der Waals surface area contributed by atoms with E-state index in [0.29, 0.717) is 41.9 Å². The zero-order valence-corrected chi connectivity index (χ0v) is 19.3. The van der Waals surface area contributed by atoms with Gasteiger partial charge in [-0.05, 0) is 68.8 Å². The number of carbonyl (C=O) groups is 1. The minimum absolute atomic E-state index is 0.157. The summed E-state index contributed by atoms with van der Waals surface area (Å²) < 4.78 is 16.8. The second-order valence-corrected chi connectivity index (χ2v) is 8.31. The Bertz CT molecular complexity index is 1050. The van der Waals surface area contributed by atoms with E-state index in [4.69, 9.17) is 13.9 Å². The molecule has 3 heterocycles. The van der Waals surface area contributed by atoms with Gasteiger partial charge in [0.15, 0.2) is 5.76 Å². The lowest BCUT2D eigenvalue weighted by molar-refractivity contribution is 0.0392. The average Bonchev–Trinajstić information content (AvgIpc) is 3.38. The summed E-state index contributed by atoms with van der Waals surface area (Å²) in [6.07, 6.45) is 3.76. The number of nitrogens with one attached hydrogen (secondary N) is 1. The maximum atomic E-state index is 12.7. The SMILES string of the molecule is Cc1nc(-c2ccco2)ccc1C(=O)NCc1cccc(OCCN(C)C2CCOCC2)c1. The smallest absolute Gasteiger partial charge is 0.253 e. The highest BCUT2D eigenvalue weighted by atomic mass is 16.5. The molecule has 0 saturated carbocycles. The number of carbonyl (C=O) groups excluding carboxylic acids is 1. The molecule has 1 amide bonds. The Balaban J connectivity index is 1.27. The molecule has 1 saturated heterocycles. The molecule has 1 N–H and O–H groups in total. The molecule has 4 rings (SSSR count). The van der Waals surface area contributed by atoms with E-state index >= 15 is 0 Å². The van der Waals surface area contributed by atoms with Crippen molar-refractivity contribution < 1.29 is 18.7 Å². The lowest BCUT2D eigenvalue weighted by Gasteiger charge is -2.31. The molecule has 2 aromatic heterocycles. The number of rotatable bonds is 9. The fraction of sp³-hybridized carbons (Fsp3) is 0.385. The molecule has 1 aliphatic rings. The van der Waals surface area contributed by atoms with Crippen LogP contribution in [0.3, 0.4) is 0 Å². The van der Waals surface area contributed by atoms with Crippen LogP contribution in [0.5, 0.6) is 5.75 Å². The molecule has 1 aliphatic heterocycles. The summed E-state index contributed by atoms with van der Waals surface area (Å²) >= 11 is 0. The highest BCUT2D eigenvalue weighted by Crippen LogP contribution is 2.20. The van der Waals surface area contributed by atoms with Crippen molar-refractivity contribution in [2.24, 2.45) is 0 Å². The predicted molar refractivity (Wildman–Crippen MR) is 126 cm³/mol. The Morgan fingerprint density at radius 2 is 2.03 bits per heavy atom. The van der Waals surface area contributed by atoms with Crippen molar-refractivity contribution in [2.75, 3.05) is 33.4 Å². The fourth-order valence-corrected chi connectivity index (χ4v) is 4.00. The van der Waals surface area contributed by atoms with Crippen LogP contribution < -0.4 is 10.1 Å². The van der Waals surface area contributed by atoms with Crippen molar-refractivity contribution in [2.45, 2.75) is 32.4 Å². The molecule has 0 unspecified atom stereocenters. The Morgan fingerprint density at radius 3 is 2.79 bits per heavy atom. The number of aromatic nitrogens is 1. The van der Waals surface area contributed by atoms with Crippen molar-refractivity contribution in [3.63, 3.8) is 0 Å². The normalized spacial score (nSPS) is 14.4. The number of hydrogen-bond acceptors (Lipinski definition) is 6. The van der Waals surface area contributed by atoms with Crippen LogP contribution in [0.4, 0.5) is 0 Å². The first kappa shape index (κ1) is 23.0. The van der Waals surface area contributed by atoms with Gasteiger partial charge in [0.25, 0.3) is 5.91 Å². The van der Waals surface area contributed by atoms with Gasteiger partial charge >= 0.3 is 0 Å². The van der Waals surface area contributed by atoms with Crippen LogP contribution in [0.15, 0.2) is 59.2 Å². The first-order valence-corrected chi connectivity index (χ1v) is 11.4. The van der Waals surface area contributed by atoms with E-state index in [9.17, 15) is 4.79 Å². The molecular weight excluding hydrogens is 418 g/mol. The fourth-order valence-electron chi connectivity index (χ4n) is 4.00. The lowest BCUT2D eigenvalue weighted by Crippen LogP contribution is -2.38. The minimum atomic E-state index is -0.157. The van der Waals surface area contributed by atoms with E-state index in [1.165, 1.54) is 0 Å². The van der Waals surface area contributed by atoms with E-state index in [2.05, 4.69) is 22.2 Å². The molecule has 7 heteroatoms. The first-order valence-electron chi connectivity index (χ1n) is 11.4. The van der Waals surface area contributed by atoms with Gasteiger partial charge in [0, 0.05) is 32.3 Å². The number of likely N-dealkylation sites (N-methyl/N-ethyl adjacent to an activating group) is 1. The van der Waals surface area contributed by atoms with Gasteiger partial charge in [0.2, 0.25) is 0 Å². The zero-order chi connectivity index (χ0) is 23.0. The quantitative estimate of drug-likeness (QED) is 0.531. The Hall–Kier alpha value is -3.16. The highest BCUT2D eigenvalue weighted by molar-refractivity contribution is 5.95. The van der Waals surface area contributed by atoms with E-state index in [1.807, 2.05) is 43.3 Å². The van der Waals surface area contributed by atoms with Gasteiger partial charge in [-0.3, -0.25) is 9.69 Å². The Kier molecular flexibility index (Phi) is 7.75. The Morgan fingerprint density at radius 1 is 1.18 bits per heavy atom. The maximum absolute atomic E-state index is 12.7. The number of aryl methyl sites for hydroxylation is 1. The van der Waals surface area contributed by atoms with Crippen LogP contribution in [0.25, 0.3) is 11.5 Å². The number of ether oxygens (including phenoxy) is 2. The summed E-state index contributed by atoms with van der Waals surface area (Å²) in [4.78, 5) is 19.5. The minimum Gasteiger partial charge on any atom is -0.492 e. The molecule has 0 bridgehead atoms. The van der Waals surface area contributed by atoms with Gasteiger partial charge in [-0.25, -0.2) is 4.98 Å². The number of amides is 1. The molecule has 0 aliphatic carbocycles. The topological polar surface area (TPSA) is 76.8 Å². The summed E-state index contributed by atoms with van der Waals surface area (Å²) in [5.74, 6) is 1.33. The molecule has 0 spiro atoms. The zero-order valence-electron chi connectivity index (χ0n) is 19.3. The van der Waals surface area contributed by atoms with Gasteiger partial charge in [-0.1, -0.05) is 12.1 Å². The molecule has 3 aromatic rings. The lowest BCUT2D eigenvalue weighted by atomic mass is 10.1. The summed E-state index contributed by atoms with van der Waals surface area (Å²) in [5, 5.41) is 2.98. The second kappa shape index (κ2) is 11.1. The number of pyridine rings is 1. The largest absolute Gasteiger partial charge is 0.492 e. The number of nitrogens with zero attached hydrogens (tertiary/aromatic N) is 2. The van der Waals surface area contributed by atoms with Crippen molar-refractivity contribution >= 4 is 5.91 Å². The number of hydrogen-bond donors (Lipinski definition) is 1. The van der Waals surface area contributed by atoms with Crippen LogP contribution in [-0.4, -0.2) is 55.2 Å². The molecular formula is C26H31N3O4. The molecule has 0 radical (unpaired) electrons. The summed E-state index contributed by atoms with van der Waals surface area (Å²) in [5.41, 5.74) is 2.90. The predicted octanol–water partition coefficient (Wildman–Crippen LogP) is 4.07. The van der Waals surface area contributed by atoms with Gasteiger partial charge in [-0.15, -0.1) is 0 Å². The van der Waals surface area contributed by atoms with Gasteiger partial charge < -0.3 is 19.2 Å². The monoisotopic (exact) mass is 449 g/mol. The van der Waals surface area contributed by atoms with E-state index in [0.717, 1.165) is 43.9 Å². The molecule has 1 fully saturated rings. The van der Waals surface area contributed by atoms with Crippen LogP contribution in [0, 0.1) is 6.92 Å². The summed E-state index contributed by atoms with van der Waals surface area (Å²) in [7, 11) is 2.14. The van der Waals surface area contributed by atoms with Gasteiger partial charge in [0.1, 0.15) is 18.1 Å². The van der Waals surface area contributed by atoms with E-state index in [1.54, 1.807) is 18.4 Å². The first-order chi connectivity index (χ1) is 16.1. The molecule has 7 nitrogen and oxygen atoms in total. The molecule has 33 heavy (non-hydrogen) atoms. The standard InChI is InChI=1S/C26H31N3O4/c1-19-23(8-9-24(28-19)25-7-4-13-33-25)26(30)27-18-20-5-3-6-22(17-20)32-16-12-29(2)21-10-14-31-15-11-21/h3-9,13,17,21H,10-12,14-16,18H2,1-2H3,(H,27,30). The maximum Gasteiger partial charge on any atom is 0.253 e. The molecule has 1 aromatic carbocycles. The van der Waals surface area contributed by atoms with Crippen LogP contribution >= 0.6 is 0 Å². The number of furan rings is 1. The van der Waals surface area contributed by atoms with Crippen LogP contribution in [-0.2, 0) is 11.3 Å². The van der Waals surface area contributed by atoms with Gasteiger partial charge in [-0.2, -0.15) is 0 Å². The molecule has 0 atom stereocenters. The van der Waals surface area contributed by atoms with E-state index in [-0.39, 0.29) is 5.91 Å². The van der Waals surface area contributed by atoms with E-state index < -0.39 is 0 Å².